The van der Waals surface area contributed by atoms with Crippen molar-refractivity contribution < 1.29 is 31.8 Å². The number of hydrogen-bond donors (Lipinski definition) is 4. The van der Waals surface area contributed by atoms with Crippen molar-refractivity contribution in [2.45, 2.75) is 6.18 Å². The number of nitrogens with two attached hydrogens (primary N) is 1. The molecule has 43 heavy (non-hydrogen) atoms. The zero-order chi connectivity index (χ0) is 31.0. The first-order valence-corrected chi connectivity index (χ1v) is 13.1. The molecule has 2 aliphatic heterocycles. The molecule has 2 heterocycles. The Hall–Kier alpha value is -4.76. The quantitative estimate of drug-likeness (QED) is 0.322. The van der Waals surface area contributed by atoms with Crippen molar-refractivity contribution in [3.05, 3.63) is 77.6 Å². The number of halogens is 4. The predicted molar refractivity (Wildman–Crippen MR) is 156 cm³/mol. The summed E-state index contributed by atoms with van der Waals surface area (Å²) < 4.78 is 65.1. The van der Waals surface area contributed by atoms with Crippen LogP contribution in [0.3, 0.4) is 0 Å². The summed E-state index contributed by atoms with van der Waals surface area (Å²) >= 11 is 0. The van der Waals surface area contributed by atoms with E-state index in [9.17, 15) is 22.4 Å². The van der Waals surface area contributed by atoms with Crippen molar-refractivity contribution in [1.82, 2.24) is 10.2 Å². The number of guanidine groups is 1. The number of nitrogens with zero attached hydrogens (tertiary/aromatic N) is 4. The number of benzene rings is 2. The molecular weight excluding hydrogens is 572 g/mol. The van der Waals surface area contributed by atoms with E-state index in [1.807, 2.05) is 0 Å². The number of alkyl halides is 3. The molecule has 0 aliphatic carbocycles. The average molecular weight is 603 g/mol. The standard InChI is InChI=1S/C28H30F4N8O3/c1-3-34-22-16-36-27(35-8-9-40-10-12-43-13-11-40)39-24(22)25(33)38-21-14-17(4-6-20(21)29)26(41)37-18-5-7-23(42-2)19(15-18)28(30,31)32/h3-7,14-16,38H,1,8-13,33H2,2H3,(H,35,39)(H,37,41)/b25-24-,34-22-. The number of anilines is 2. The van der Waals surface area contributed by atoms with Gasteiger partial charge in [0.05, 0.1) is 37.8 Å². The van der Waals surface area contributed by atoms with Crippen LogP contribution in [0.25, 0.3) is 0 Å². The molecule has 0 unspecified atom stereocenters. The molecule has 0 bridgehead atoms. The van der Waals surface area contributed by atoms with Crippen LogP contribution in [0.5, 0.6) is 5.75 Å². The lowest BCUT2D eigenvalue weighted by Crippen LogP contribution is -2.41. The van der Waals surface area contributed by atoms with Gasteiger partial charge >= 0.3 is 6.18 Å². The van der Waals surface area contributed by atoms with Gasteiger partial charge in [-0.25, -0.2) is 14.4 Å². The first kappa shape index (κ1) is 31.2. The highest BCUT2D eigenvalue weighted by Crippen LogP contribution is 2.37. The van der Waals surface area contributed by atoms with Crippen molar-refractivity contribution in [2.24, 2.45) is 20.7 Å². The fraction of sp³-hybridized carbons (Fsp3) is 0.286. The van der Waals surface area contributed by atoms with Crippen LogP contribution in [-0.4, -0.2) is 75.2 Å². The van der Waals surface area contributed by atoms with Crippen LogP contribution in [0.4, 0.5) is 28.9 Å². The topological polar surface area (TPSA) is 138 Å². The Balaban J connectivity index is 1.52. The molecule has 4 rings (SSSR count). The van der Waals surface area contributed by atoms with Gasteiger partial charge in [-0.15, -0.1) is 0 Å². The normalized spacial score (nSPS) is 17.7. The molecule has 0 spiro atoms. The van der Waals surface area contributed by atoms with Crippen LogP contribution >= 0.6 is 0 Å². The number of carbonyl (C=O) groups excluding carboxylic acids is 1. The number of hydrogen-bond acceptors (Lipinski definition) is 10. The van der Waals surface area contributed by atoms with E-state index < -0.39 is 29.2 Å². The molecule has 2 aromatic rings. The monoisotopic (exact) mass is 602 g/mol. The number of rotatable bonds is 9. The number of methoxy groups -OCH3 is 1. The van der Waals surface area contributed by atoms with Crippen LogP contribution in [0, 0.1) is 5.82 Å². The largest absolute Gasteiger partial charge is 0.496 e. The van der Waals surface area contributed by atoms with E-state index in [0.29, 0.717) is 19.8 Å². The second kappa shape index (κ2) is 13.9. The van der Waals surface area contributed by atoms with Gasteiger partial charge in [0.1, 0.15) is 28.8 Å². The predicted octanol–water partition coefficient (Wildman–Crippen LogP) is 3.59. The van der Waals surface area contributed by atoms with Gasteiger partial charge in [0.15, 0.2) is 0 Å². The van der Waals surface area contributed by atoms with Crippen molar-refractivity contribution in [3.8, 4) is 5.75 Å². The van der Waals surface area contributed by atoms with Crippen molar-refractivity contribution in [1.29, 1.82) is 0 Å². The maximum Gasteiger partial charge on any atom is 0.420 e. The van der Waals surface area contributed by atoms with E-state index >= 15 is 0 Å². The Bertz CT molecular complexity index is 1480. The molecule has 0 saturated carbocycles. The minimum atomic E-state index is -4.71. The third-order valence-electron chi connectivity index (χ3n) is 6.33. The van der Waals surface area contributed by atoms with Crippen LogP contribution in [0.1, 0.15) is 15.9 Å². The Labute approximate surface area is 244 Å². The van der Waals surface area contributed by atoms with E-state index in [1.165, 1.54) is 30.6 Å². The third kappa shape index (κ3) is 8.17. The fourth-order valence-electron chi connectivity index (χ4n) is 4.18. The van der Waals surface area contributed by atoms with Crippen molar-refractivity contribution in [2.75, 3.05) is 57.1 Å². The Kier molecular flexibility index (Phi) is 10.1. The summed E-state index contributed by atoms with van der Waals surface area (Å²) in [5.74, 6) is -1.75. The lowest BCUT2D eigenvalue weighted by molar-refractivity contribution is -0.138. The summed E-state index contributed by atoms with van der Waals surface area (Å²) in [7, 11) is 1.11. The van der Waals surface area contributed by atoms with E-state index in [1.54, 1.807) is 0 Å². The molecule has 0 atom stereocenters. The molecular formula is C28H30F4N8O3. The number of carbonyl (C=O) groups is 1. The highest BCUT2D eigenvalue weighted by molar-refractivity contribution is 6.41. The Morgan fingerprint density at radius 3 is 2.67 bits per heavy atom. The zero-order valence-corrected chi connectivity index (χ0v) is 23.2. The van der Waals surface area contributed by atoms with Crippen LogP contribution in [0.15, 0.2) is 75.7 Å². The molecule has 2 aromatic carbocycles. The second-order valence-corrected chi connectivity index (χ2v) is 9.22. The smallest absolute Gasteiger partial charge is 0.420 e. The molecule has 0 radical (unpaired) electrons. The van der Waals surface area contributed by atoms with Gasteiger partial charge in [0.2, 0.25) is 5.96 Å². The number of ether oxygens (including phenoxy) is 2. The van der Waals surface area contributed by atoms with Gasteiger partial charge in [-0.1, -0.05) is 6.58 Å². The van der Waals surface area contributed by atoms with Gasteiger partial charge in [0.25, 0.3) is 5.91 Å². The molecule has 1 saturated heterocycles. The molecule has 228 valence electrons. The van der Waals surface area contributed by atoms with E-state index in [0.717, 1.165) is 44.9 Å². The van der Waals surface area contributed by atoms with E-state index in [2.05, 4.69) is 42.4 Å². The lowest BCUT2D eigenvalue weighted by Gasteiger charge is -2.26. The summed E-state index contributed by atoms with van der Waals surface area (Å²) in [6.07, 6.45) is -2.00. The number of aliphatic imine (C=N–C) groups is 3. The molecule has 2 aliphatic rings. The summed E-state index contributed by atoms with van der Waals surface area (Å²) in [4.78, 5) is 27.9. The maximum absolute atomic E-state index is 14.8. The summed E-state index contributed by atoms with van der Waals surface area (Å²) in [5, 5.41) is 8.21. The summed E-state index contributed by atoms with van der Waals surface area (Å²) in [5.41, 5.74) is 5.25. The summed E-state index contributed by atoms with van der Waals surface area (Å²) in [6.45, 7) is 7.87. The molecule has 11 nitrogen and oxygen atoms in total. The highest BCUT2D eigenvalue weighted by Gasteiger charge is 2.34. The summed E-state index contributed by atoms with van der Waals surface area (Å²) in [6, 6.07) is 6.46. The van der Waals surface area contributed by atoms with Crippen molar-refractivity contribution in [3.63, 3.8) is 0 Å². The highest BCUT2D eigenvalue weighted by atomic mass is 19.4. The minimum absolute atomic E-state index is 0.0507. The van der Waals surface area contributed by atoms with Gasteiger partial charge in [-0.3, -0.25) is 14.7 Å². The molecule has 1 amide bonds. The van der Waals surface area contributed by atoms with E-state index in [-0.39, 0.29) is 40.1 Å². The van der Waals surface area contributed by atoms with Crippen LogP contribution in [-0.2, 0) is 10.9 Å². The first-order chi connectivity index (χ1) is 20.6. The van der Waals surface area contributed by atoms with Crippen LogP contribution in [0.2, 0.25) is 0 Å². The van der Waals surface area contributed by atoms with E-state index in [4.69, 9.17) is 15.2 Å². The number of morpholine rings is 1. The number of nitrogens with one attached hydrogen (secondary N) is 3. The van der Waals surface area contributed by atoms with Gasteiger partial charge < -0.3 is 31.2 Å². The lowest BCUT2D eigenvalue weighted by atomic mass is 10.1. The Morgan fingerprint density at radius 1 is 1.21 bits per heavy atom. The van der Waals surface area contributed by atoms with Gasteiger partial charge in [-0.2, -0.15) is 13.2 Å². The zero-order valence-electron chi connectivity index (χ0n) is 23.2. The fourth-order valence-corrected chi connectivity index (χ4v) is 4.18. The second-order valence-electron chi connectivity index (χ2n) is 9.22. The SMILES string of the molecule is C=C/N=C1/C=NC(NCCN2CCOCC2)=N/C1=C(/N)Nc1cc(C(=O)Nc2ccc(OC)c(C(F)(F)F)c2)ccc1F. The van der Waals surface area contributed by atoms with Crippen LogP contribution < -0.4 is 26.4 Å². The third-order valence-corrected chi connectivity index (χ3v) is 6.33. The van der Waals surface area contributed by atoms with Gasteiger partial charge in [-0.05, 0) is 36.4 Å². The molecule has 1 fully saturated rings. The van der Waals surface area contributed by atoms with Gasteiger partial charge in [0, 0.05) is 43.6 Å². The number of allylic oxidation sites excluding steroid dienone is 1. The Morgan fingerprint density at radius 2 is 1.98 bits per heavy atom. The minimum Gasteiger partial charge on any atom is -0.496 e. The molecule has 5 N–H and O–H groups in total. The molecule has 15 heteroatoms. The van der Waals surface area contributed by atoms with Crippen molar-refractivity contribution >= 4 is 35.2 Å². The average Bonchev–Trinajstić information content (AvgIpc) is 2.99. The first-order valence-electron chi connectivity index (χ1n) is 13.1. The maximum atomic E-state index is 14.8. The number of amides is 1. The molecule has 0 aromatic heterocycles.